The number of pyridine rings is 1. The van der Waals surface area contributed by atoms with Crippen molar-refractivity contribution in [3.05, 3.63) is 94.0 Å². The average Bonchev–Trinajstić information content (AvgIpc) is 3.20. The van der Waals surface area contributed by atoms with Gasteiger partial charge in [-0.05, 0) is 54.3 Å². The Kier molecular flexibility index (Phi) is 6.10. The van der Waals surface area contributed by atoms with Crippen LogP contribution in [0.1, 0.15) is 45.6 Å². The van der Waals surface area contributed by atoms with Gasteiger partial charge in [-0.3, -0.25) is 14.6 Å². The van der Waals surface area contributed by atoms with Crippen LogP contribution in [0.3, 0.4) is 0 Å². The van der Waals surface area contributed by atoms with Crippen molar-refractivity contribution in [2.24, 2.45) is 5.73 Å². The minimum atomic E-state index is -1.13. The molecule has 1 aliphatic carbocycles. The summed E-state index contributed by atoms with van der Waals surface area (Å²) in [5, 5.41) is 0.217. The zero-order valence-corrected chi connectivity index (χ0v) is 18.1. The molecule has 0 bridgehead atoms. The number of amides is 2. The average molecular weight is 454 g/mol. The quantitative estimate of drug-likeness (QED) is 0.605. The number of hydrogen-bond donors (Lipinski definition) is 1. The first-order valence-electron chi connectivity index (χ1n) is 10.0. The van der Waals surface area contributed by atoms with Crippen molar-refractivity contribution in [1.82, 2.24) is 9.88 Å². The summed E-state index contributed by atoms with van der Waals surface area (Å²) in [7, 11) is 1.46. The number of nitrogens with two attached hydrogens (primary N) is 1. The zero-order valence-electron chi connectivity index (χ0n) is 17.3. The van der Waals surface area contributed by atoms with Gasteiger partial charge in [0.05, 0.1) is 18.7 Å². The van der Waals surface area contributed by atoms with Crippen molar-refractivity contribution in [3.63, 3.8) is 0 Å². The molecule has 0 radical (unpaired) electrons. The normalized spacial score (nSPS) is 15.7. The molecule has 2 N–H and O–H groups in total. The number of aromatic nitrogens is 1. The fraction of sp³-hybridized carbons (Fsp3) is 0.208. The second-order valence-electron chi connectivity index (χ2n) is 7.51. The second-order valence-corrected chi connectivity index (χ2v) is 7.95. The van der Waals surface area contributed by atoms with Crippen LogP contribution in [-0.2, 0) is 11.2 Å². The molecule has 6 nitrogen and oxygen atoms in total. The molecule has 0 saturated carbocycles. The molecule has 0 aliphatic heterocycles. The number of ether oxygens (including phenoxy) is 1. The largest absolute Gasteiger partial charge is 0.496 e. The van der Waals surface area contributed by atoms with Gasteiger partial charge in [-0.15, -0.1) is 0 Å². The van der Waals surface area contributed by atoms with E-state index >= 15 is 0 Å². The minimum Gasteiger partial charge on any atom is -0.496 e. The van der Waals surface area contributed by atoms with Gasteiger partial charge in [-0.25, -0.2) is 4.39 Å². The molecule has 1 unspecified atom stereocenters. The molecule has 0 fully saturated rings. The topological polar surface area (TPSA) is 85.5 Å². The molecule has 2 aromatic carbocycles. The third-order valence-corrected chi connectivity index (χ3v) is 5.90. The van der Waals surface area contributed by atoms with E-state index in [9.17, 15) is 14.0 Å². The van der Waals surface area contributed by atoms with Crippen LogP contribution in [0, 0.1) is 5.82 Å². The molecule has 32 heavy (non-hydrogen) atoms. The summed E-state index contributed by atoms with van der Waals surface area (Å²) >= 11 is 6.14. The summed E-state index contributed by atoms with van der Waals surface area (Å²) in [6.07, 6.45) is 3.87. The van der Waals surface area contributed by atoms with Crippen molar-refractivity contribution in [2.45, 2.75) is 24.9 Å². The monoisotopic (exact) mass is 453 g/mol. The van der Waals surface area contributed by atoms with Gasteiger partial charge in [0.2, 0.25) is 5.91 Å². The SMILES string of the molecule is COc1ccccc1C(=O)N(C(C(N)=O)c1cccnc1)[C@@H]1CCc2c(F)cc(Cl)cc21. The van der Waals surface area contributed by atoms with E-state index in [1.54, 1.807) is 48.7 Å². The van der Waals surface area contributed by atoms with E-state index in [1.807, 2.05) is 0 Å². The first-order valence-corrected chi connectivity index (χ1v) is 10.4. The van der Waals surface area contributed by atoms with Crippen LogP contribution < -0.4 is 10.5 Å². The third-order valence-electron chi connectivity index (χ3n) is 5.68. The first-order chi connectivity index (χ1) is 15.4. The maximum Gasteiger partial charge on any atom is 0.259 e. The van der Waals surface area contributed by atoms with Crippen molar-refractivity contribution < 1.29 is 18.7 Å². The third kappa shape index (κ3) is 3.91. The van der Waals surface area contributed by atoms with Gasteiger partial charge in [0, 0.05) is 23.0 Å². The maximum atomic E-state index is 14.6. The fourth-order valence-electron chi connectivity index (χ4n) is 4.31. The Bertz CT molecular complexity index is 1170. The molecule has 0 saturated heterocycles. The number of benzene rings is 2. The first kappa shape index (κ1) is 21.8. The fourth-order valence-corrected chi connectivity index (χ4v) is 4.52. The van der Waals surface area contributed by atoms with Crippen LogP contribution in [0.4, 0.5) is 4.39 Å². The van der Waals surface area contributed by atoms with E-state index < -0.39 is 29.7 Å². The van der Waals surface area contributed by atoms with Gasteiger partial charge >= 0.3 is 0 Å². The summed E-state index contributed by atoms with van der Waals surface area (Å²) in [6, 6.07) is 11.2. The summed E-state index contributed by atoms with van der Waals surface area (Å²) in [4.78, 5) is 32.1. The molecule has 1 aliphatic rings. The molecule has 1 heterocycles. The highest BCUT2D eigenvalue weighted by Gasteiger charge is 2.41. The Labute approximate surface area is 189 Å². The predicted molar refractivity (Wildman–Crippen MR) is 118 cm³/mol. The number of methoxy groups -OCH3 is 1. The van der Waals surface area contributed by atoms with Crippen molar-refractivity contribution in [1.29, 1.82) is 0 Å². The van der Waals surface area contributed by atoms with E-state index in [0.29, 0.717) is 35.3 Å². The Morgan fingerprint density at radius 3 is 2.72 bits per heavy atom. The van der Waals surface area contributed by atoms with E-state index in [-0.39, 0.29) is 10.6 Å². The van der Waals surface area contributed by atoms with Crippen LogP contribution in [0.15, 0.2) is 60.9 Å². The van der Waals surface area contributed by atoms with Crippen molar-refractivity contribution in [2.75, 3.05) is 7.11 Å². The molecule has 0 spiro atoms. The number of carbonyl (C=O) groups excluding carboxylic acids is 2. The van der Waals surface area contributed by atoms with Crippen LogP contribution in [0.5, 0.6) is 5.75 Å². The van der Waals surface area contributed by atoms with E-state index in [0.717, 1.165) is 0 Å². The lowest BCUT2D eigenvalue weighted by Crippen LogP contribution is -2.43. The number of nitrogens with zero attached hydrogens (tertiary/aromatic N) is 2. The lowest BCUT2D eigenvalue weighted by molar-refractivity contribution is -0.123. The number of primary amides is 1. The molecular weight excluding hydrogens is 433 g/mol. The summed E-state index contributed by atoms with van der Waals surface area (Å²) in [5.74, 6) is -1.27. The Hall–Kier alpha value is -3.45. The van der Waals surface area contributed by atoms with E-state index in [1.165, 1.54) is 24.3 Å². The molecule has 2 amide bonds. The van der Waals surface area contributed by atoms with Gasteiger partial charge in [0.25, 0.3) is 5.91 Å². The summed E-state index contributed by atoms with van der Waals surface area (Å²) < 4.78 is 20.0. The number of hydrogen-bond acceptors (Lipinski definition) is 4. The zero-order chi connectivity index (χ0) is 22.8. The number of fused-ring (bicyclic) bond motifs is 1. The van der Waals surface area contributed by atoms with Crippen molar-refractivity contribution >= 4 is 23.4 Å². The lowest BCUT2D eigenvalue weighted by Gasteiger charge is -2.36. The highest BCUT2D eigenvalue weighted by Crippen LogP contribution is 2.43. The Morgan fingerprint density at radius 2 is 2.03 bits per heavy atom. The number of rotatable bonds is 6. The maximum absolute atomic E-state index is 14.6. The number of para-hydroxylation sites is 1. The second kappa shape index (κ2) is 8.96. The minimum absolute atomic E-state index is 0.217. The van der Waals surface area contributed by atoms with E-state index in [4.69, 9.17) is 22.1 Å². The summed E-state index contributed by atoms with van der Waals surface area (Å²) in [5.41, 5.74) is 7.58. The highest BCUT2D eigenvalue weighted by atomic mass is 35.5. The molecule has 164 valence electrons. The highest BCUT2D eigenvalue weighted by molar-refractivity contribution is 6.30. The molecule has 4 rings (SSSR count). The van der Waals surface area contributed by atoms with Crippen LogP contribution >= 0.6 is 11.6 Å². The summed E-state index contributed by atoms with van der Waals surface area (Å²) in [6.45, 7) is 0. The number of carbonyl (C=O) groups is 2. The van der Waals surface area contributed by atoms with Crippen LogP contribution in [-0.4, -0.2) is 28.8 Å². The van der Waals surface area contributed by atoms with Crippen LogP contribution in [0.2, 0.25) is 5.02 Å². The Morgan fingerprint density at radius 1 is 1.25 bits per heavy atom. The van der Waals surface area contributed by atoms with Gasteiger partial charge in [-0.2, -0.15) is 0 Å². The van der Waals surface area contributed by atoms with E-state index in [2.05, 4.69) is 4.98 Å². The van der Waals surface area contributed by atoms with Gasteiger partial charge < -0.3 is 15.4 Å². The van der Waals surface area contributed by atoms with Crippen LogP contribution in [0.25, 0.3) is 0 Å². The number of halogens is 2. The predicted octanol–water partition coefficient (Wildman–Crippen LogP) is 4.24. The van der Waals surface area contributed by atoms with Gasteiger partial charge in [0.15, 0.2) is 0 Å². The van der Waals surface area contributed by atoms with Crippen molar-refractivity contribution in [3.8, 4) is 5.75 Å². The smallest absolute Gasteiger partial charge is 0.259 e. The Balaban J connectivity index is 1.91. The van der Waals surface area contributed by atoms with Gasteiger partial charge in [-0.1, -0.05) is 29.8 Å². The standard InChI is InChI=1S/C24H21ClFN3O3/c1-32-21-7-3-2-6-17(21)24(31)29(22(23(27)30)14-5-4-10-28-13-14)20-9-8-16-18(20)11-15(25)12-19(16)26/h2-7,10-13,20,22H,8-9H2,1H3,(H2,27,30)/t20-,22?/m1/s1. The van der Waals surface area contributed by atoms with Gasteiger partial charge in [0.1, 0.15) is 17.6 Å². The molecular formula is C24H21ClFN3O3. The molecule has 1 aromatic heterocycles. The lowest BCUT2D eigenvalue weighted by atomic mass is 9.98. The molecule has 2 atom stereocenters. The molecule has 3 aromatic rings. The molecule has 8 heteroatoms.